The van der Waals surface area contributed by atoms with E-state index in [4.69, 9.17) is 9.47 Å². The van der Waals surface area contributed by atoms with Crippen molar-refractivity contribution in [3.05, 3.63) is 35.9 Å². The minimum absolute atomic E-state index is 0.130. The lowest BCUT2D eigenvalue weighted by molar-refractivity contribution is -0.161. The number of morpholine rings is 1. The molecule has 0 spiro atoms. The second-order valence-electron chi connectivity index (χ2n) is 9.08. The third-order valence-electron chi connectivity index (χ3n) is 5.66. The maximum absolute atomic E-state index is 12.7. The Morgan fingerprint density at radius 2 is 1.38 bits per heavy atom. The zero-order valence-corrected chi connectivity index (χ0v) is 24.4. The Balaban J connectivity index is 0.00000187. The summed E-state index contributed by atoms with van der Waals surface area (Å²) in [5.74, 6) is -3.76. The summed E-state index contributed by atoms with van der Waals surface area (Å²) in [4.78, 5) is 51.9. The molecule has 45 heavy (non-hydrogen) atoms. The van der Waals surface area contributed by atoms with Crippen LogP contribution in [0.25, 0.3) is 0 Å². The van der Waals surface area contributed by atoms with Crippen LogP contribution in [0.4, 0.5) is 26.3 Å². The molecule has 256 valence electrons. The number of alkyl halides is 6. The fourth-order valence-corrected chi connectivity index (χ4v) is 3.40. The van der Waals surface area contributed by atoms with Crippen LogP contribution in [0.15, 0.2) is 30.3 Å². The molecule has 3 atom stereocenters. The Labute approximate surface area is 254 Å². The summed E-state index contributed by atoms with van der Waals surface area (Å²) in [6, 6.07) is 3.79. The summed E-state index contributed by atoms with van der Waals surface area (Å²) in [7, 11) is 0.949. The van der Waals surface area contributed by atoms with E-state index >= 15 is 0 Å². The van der Waals surface area contributed by atoms with Crippen LogP contribution in [0.1, 0.15) is 12.5 Å². The number of rotatable bonds is 17. The molecule has 2 rings (SSSR count). The van der Waals surface area contributed by atoms with Crippen LogP contribution in [0.3, 0.4) is 0 Å². The zero-order chi connectivity index (χ0) is 33.8. The van der Waals surface area contributed by atoms with E-state index in [-0.39, 0.29) is 13.2 Å². The van der Waals surface area contributed by atoms with Crippen LogP contribution in [-0.2, 0) is 49.5 Å². The quantitative estimate of drug-likeness (QED) is 0.162. The van der Waals surface area contributed by atoms with E-state index in [1.807, 2.05) is 0 Å². The topological polar surface area (TPSA) is 154 Å². The molecule has 19 heteroatoms. The molecule has 1 heterocycles. The molecule has 1 unspecified atom stereocenters. The van der Waals surface area contributed by atoms with Gasteiger partial charge >= 0.3 is 25.8 Å². The van der Waals surface area contributed by atoms with Crippen molar-refractivity contribution < 1.29 is 69.2 Å². The highest BCUT2D eigenvalue weighted by molar-refractivity contribution is 5.93. The Kier molecular flexibility index (Phi) is 19.4. The van der Waals surface area contributed by atoms with Gasteiger partial charge in [-0.1, -0.05) is 30.3 Å². The number of hydrogen-bond donors (Lipinski definition) is 3. The number of nitrogens with zero attached hydrogens (tertiary/aromatic N) is 1. The summed E-state index contributed by atoms with van der Waals surface area (Å²) in [6.07, 6.45) is 0. The highest BCUT2D eigenvalue weighted by atomic mass is 19.3. The van der Waals surface area contributed by atoms with Crippen LogP contribution in [0, 0.1) is 0 Å². The van der Waals surface area contributed by atoms with Gasteiger partial charge in [-0.3, -0.25) is 19.3 Å². The van der Waals surface area contributed by atoms with Crippen LogP contribution < -0.4 is 16.0 Å². The smallest absolute Gasteiger partial charge is 0.345 e. The first kappa shape index (κ1) is 39.5. The summed E-state index contributed by atoms with van der Waals surface area (Å²) in [5.41, 5.74) is 0.601. The fraction of sp³-hybridized carbons (Fsp3) is 0.615. The molecule has 0 radical (unpaired) electrons. The lowest BCUT2D eigenvalue weighted by Gasteiger charge is -2.27. The molecule has 0 aromatic heterocycles. The van der Waals surface area contributed by atoms with Gasteiger partial charge in [-0.25, -0.2) is 4.79 Å². The predicted molar refractivity (Wildman–Crippen MR) is 142 cm³/mol. The summed E-state index contributed by atoms with van der Waals surface area (Å²) in [6.45, 7) is -8.34. The van der Waals surface area contributed by atoms with Crippen molar-refractivity contribution in [2.75, 3.05) is 53.2 Å². The van der Waals surface area contributed by atoms with Gasteiger partial charge < -0.3 is 39.6 Å². The molecule has 0 bridgehead atoms. The highest BCUT2D eigenvalue weighted by Gasteiger charge is 2.30. The van der Waals surface area contributed by atoms with Crippen molar-refractivity contribution in [2.24, 2.45) is 0 Å². The Morgan fingerprint density at radius 3 is 1.91 bits per heavy atom. The summed E-state index contributed by atoms with van der Waals surface area (Å²) < 4.78 is 93.5. The number of ether oxygens (including phenoxy) is 5. The zero-order valence-electron chi connectivity index (χ0n) is 24.4. The van der Waals surface area contributed by atoms with E-state index in [0.29, 0.717) is 31.9 Å². The molecule has 0 aliphatic carbocycles. The second kappa shape index (κ2) is 22.1. The Morgan fingerprint density at radius 1 is 0.822 bits per heavy atom. The minimum atomic E-state index is -3.24. The molecule has 0 saturated carbocycles. The first-order valence-corrected chi connectivity index (χ1v) is 13.3. The molecule has 3 amide bonds. The van der Waals surface area contributed by atoms with E-state index in [1.54, 1.807) is 35.2 Å². The number of amides is 3. The van der Waals surface area contributed by atoms with Crippen LogP contribution in [0.2, 0.25) is 0 Å². The maximum atomic E-state index is 12.7. The molecule has 1 fully saturated rings. The first-order valence-electron chi connectivity index (χ1n) is 13.3. The van der Waals surface area contributed by atoms with Gasteiger partial charge in [0.05, 0.1) is 33.0 Å². The molecule has 1 aliphatic rings. The third-order valence-corrected chi connectivity index (χ3v) is 5.66. The molecule has 13 nitrogen and oxygen atoms in total. The number of carbonyl (C=O) groups is 4. The summed E-state index contributed by atoms with van der Waals surface area (Å²) in [5, 5.41) is 6.66. The van der Waals surface area contributed by atoms with E-state index in [9.17, 15) is 45.5 Å². The molecule has 3 N–H and O–H groups in total. The van der Waals surface area contributed by atoms with Gasteiger partial charge in [-0.2, -0.15) is 26.3 Å². The number of esters is 1. The molecular formula is C26H36F6N4O9. The van der Waals surface area contributed by atoms with Crippen molar-refractivity contribution in [2.45, 2.75) is 51.5 Å². The van der Waals surface area contributed by atoms with E-state index < -0.39 is 74.9 Å². The van der Waals surface area contributed by atoms with Crippen molar-refractivity contribution >= 4 is 23.7 Å². The first-order chi connectivity index (χ1) is 21.3. The average molecular weight is 663 g/mol. The lowest BCUT2D eigenvalue weighted by atomic mass is 10.2. The average Bonchev–Trinajstić information content (AvgIpc) is 3.00. The number of hydrogen-bond acceptors (Lipinski definition) is 10. The number of benzene rings is 1. The molecule has 1 aromatic carbocycles. The number of halogens is 6. The van der Waals surface area contributed by atoms with Crippen molar-refractivity contribution in [3.63, 3.8) is 0 Å². The van der Waals surface area contributed by atoms with Gasteiger partial charge in [0.2, 0.25) is 17.7 Å². The standard InChI is InChI=1S/C24H32F4N4O8.C2H4F2O/c1-15(20(34)31-18(14-40-24(27)28)22(36)38-12-16-5-3-2-4-6-16)29-21(35)17(13-39-23(25)26)30-19(33)11-32-7-9-37-10-8-32;1-5-2(3)4/h2-6,15,17-18,23-24H,7-14H2,1H3,(H,29,35)(H,30,33)(H,31,34);2H,1H3/t15?,17-,18-;/m0./s1. The van der Waals surface area contributed by atoms with Gasteiger partial charge in [0.15, 0.2) is 6.04 Å². The Hall–Kier alpha value is -3.52. The highest BCUT2D eigenvalue weighted by Crippen LogP contribution is 2.05. The molecular weight excluding hydrogens is 626 g/mol. The second-order valence-corrected chi connectivity index (χ2v) is 9.08. The summed E-state index contributed by atoms with van der Waals surface area (Å²) >= 11 is 0. The number of nitrogens with one attached hydrogen (secondary N) is 3. The monoisotopic (exact) mass is 662 g/mol. The lowest BCUT2D eigenvalue weighted by Crippen LogP contribution is -2.57. The van der Waals surface area contributed by atoms with E-state index in [0.717, 1.165) is 7.11 Å². The predicted octanol–water partition coefficient (Wildman–Crippen LogP) is 0.870. The van der Waals surface area contributed by atoms with Gasteiger partial charge in [0, 0.05) is 20.2 Å². The van der Waals surface area contributed by atoms with Gasteiger partial charge in [-0.05, 0) is 12.5 Å². The normalized spacial score (nSPS) is 15.4. The number of carbonyl (C=O) groups excluding carboxylic acids is 4. The van der Waals surface area contributed by atoms with Crippen LogP contribution in [-0.4, -0.2) is 120 Å². The van der Waals surface area contributed by atoms with Crippen molar-refractivity contribution in [1.29, 1.82) is 0 Å². The fourth-order valence-electron chi connectivity index (χ4n) is 3.40. The van der Waals surface area contributed by atoms with Crippen molar-refractivity contribution in [3.8, 4) is 0 Å². The molecule has 1 aliphatic heterocycles. The van der Waals surface area contributed by atoms with Crippen molar-refractivity contribution in [1.82, 2.24) is 20.9 Å². The van der Waals surface area contributed by atoms with Crippen LogP contribution >= 0.6 is 0 Å². The SMILES string of the molecule is CC(NC(=O)[C@H](COC(F)F)NC(=O)CN1CCOCC1)C(=O)N[C@@H](COC(F)F)C(=O)OCc1ccccc1.COC(F)F. The molecule has 1 saturated heterocycles. The third kappa shape index (κ3) is 18.1. The molecule has 1 aromatic rings. The van der Waals surface area contributed by atoms with E-state index in [1.165, 1.54) is 6.92 Å². The van der Waals surface area contributed by atoms with E-state index in [2.05, 4.69) is 30.2 Å². The van der Waals surface area contributed by atoms with Crippen LogP contribution in [0.5, 0.6) is 0 Å². The minimum Gasteiger partial charge on any atom is -0.459 e. The largest absolute Gasteiger partial charge is 0.459 e. The number of methoxy groups -OCH3 is 1. The van der Waals surface area contributed by atoms with Gasteiger partial charge in [0.1, 0.15) is 18.7 Å². The Bertz CT molecular complexity index is 1020. The van der Waals surface area contributed by atoms with Gasteiger partial charge in [0.25, 0.3) is 0 Å². The maximum Gasteiger partial charge on any atom is 0.345 e. The van der Waals surface area contributed by atoms with Gasteiger partial charge in [-0.15, -0.1) is 0 Å².